The van der Waals surface area contributed by atoms with E-state index in [1.54, 1.807) is 7.11 Å². The summed E-state index contributed by atoms with van der Waals surface area (Å²) in [5.41, 5.74) is 1.23. The van der Waals surface area contributed by atoms with Crippen molar-refractivity contribution >= 4 is 9.84 Å². The maximum absolute atomic E-state index is 12.0. The predicted molar refractivity (Wildman–Crippen MR) is 90.0 cm³/mol. The largest absolute Gasteiger partial charge is 0.497 e. The van der Waals surface area contributed by atoms with E-state index in [9.17, 15) is 8.42 Å². The quantitative estimate of drug-likeness (QED) is 0.835. The summed E-state index contributed by atoms with van der Waals surface area (Å²) in [4.78, 5) is 2.31. The molecule has 0 aromatic heterocycles. The van der Waals surface area contributed by atoms with Gasteiger partial charge in [-0.2, -0.15) is 0 Å². The molecule has 1 aromatic carbocycles. The third kappa shape index (κ3) is 3.63. The standard InChI is InChI=1S/C17H27NO3S/c1-13-10-16(14-6-8-15(21-4)9-7-14)18(11-13)12-17(2,3)22(5,19)20/h6-9,13,16H,10-12H2,1-5H3/t13-,16+/m1/s1. The van der Waals surface area contributed by atoms with Crippen LogP contribution in [0.15, 0.2) is 24.3 Å². The zero-order chi connectivity index (χ0) is 16.5. The van der Waals surface area contributed by atoms with Crippen molar-refractivity contribution in [2.24, 2.45) is 5.92 Å². The van der Waals surface area contributed by atoms with E-state index in [1.165, 1.54) is 11.8 Å². The summed E-state index contributed by atoms with van der Waals surface area (Å²) in [6.07, 6.45) is 2.39. The number of hydrogen-bond donors (Lipinski definition) is 0. The highest BCUT2D eigenvalue weighted by Crippen LogP contribution is 2.37. The smallest absolute Gasteiger partial charge is 0.153 e. The van der Waals surface area contributed by atoms with Crippen LogP contribution in [0.3, 0.4) is 0 Å². The highest BCUT2D eigenvalue weighted by atomic mass is 32.2. The first kappa shape index (κ1) is 17.3. The summed E-state index contributed by atoms with van der Waals surface area (Å²) < 4.78 is 28.5. The Morgan fingerprint density at radius 2 is 1.86 bits per heavy atom. The summed E-state index contributed by atoms with van der Waals surface area (Å²) in [5.74, 6) is 1.42. The molecule has 0 bridgehead atoms. The Labute approximate surface area is 134 Å². The predicted octanol–water partition coefficient (Wildman–Crippen LogP) is 2.90. The fourth-order valence-electron chi connectivity index (χ4n) is 3.09. The average Bonchev–Trinajstić information content (AvgIpc) is 2.77. The Morgan fingerprint density at radius 3 is 2.36 bits per heavy atom. The second kappa shape index (κ2) is 6.20. The number of methoxy groups -OCH3 is 1. The molecule has 2 rings (SSSR count). The van der Waals surface area contributed by atoms with Crippen LogP contribution >= 0.6 is 0 Å². The van der Waals surface area contributed by atoms with Gasteiger partial charge in [-0.3, -0.25) is 4.90 Å². The van der Waals surface area contributed by atoms with Gasteiger partial charge in [-0.1, -0.05) is 19.1 Å². The summed E-state index contributed by atoms with van der Waals surface area (Å²) in [5, 5.41) is 0. The van der Waals surface area contributed by atoms with Crippen LogP contribution in [0, 0.1) is 5.92 Å². The summed E-state index contributed by atoms with van der Waals surface area (Å²) in [6.45, 7) is 7.36. The third-order valence-corrected chi connectivity index (χ3v) is 6.84. The zero-order valence-corrected chi connectivity index (χ0v) is 15.0. The Kier molecular flexibility index (Phi) is 4.87. The van der Waals surface area contributed by atoms with Crippen molar-refractivity contribution < 1.29 is 13.2 Å². The number of benzene rings is 1. The highest BCUT2D eigenvalue weighted by Gasteiger charge is 2.38. The number of hydrogen-bond acceptors (Lipinski definition) is 4. The van der Waals surface area contributed by atoms with Crippen LogP contribution in [-0.4, -0.2) is 44.5 Å². The molecule has 1 saturated heterocycles. The van der Waals surface area contributed by atoms with Crippen molar-refractivity contribution in [3.05, 3.63) is 29.8 Å². The minimum atomic E-state index is -3.09. The SMILES string of the molecule is COc1ccc([C@@H]2C[C@@H](C)CN2CC(C)(C)S(C)(=O)=O)cc1. The van der Waals surface area contributed by atoms with Crippen LogP contribution in [0.1, 0.15) is 38.8 Å². The molecule has 1 aliphatic heterocycles. The molecule has 0 radical (unpaired) electrons. The molecule has 2 atom stereocenters. The van der Waals surface area contributed by atoms with E-state index in [0.717, 1.165) is 18.7 Å². The van der Waals surface area contributed by atoms with Crippen LogP contribution in [0.25, 0.3) is 0 Å². The van der Waals surface area contributed by atoms with E-state index in [4.69, 9.17) is 4.74 Å². The first-order valence-electron chi connectivity index (χ1n) is 7.71. The van der Waals surface area contributed by atoms with Crippen molar-refractivity contribution in [1.29, 1.82) is 0 Å². The van der Waals surface area contributed by atoms with Crippen LogP contribution in [0.2, 0.25) is 0 Å². The molecule has 124 valence electrons. The third-order valence-electron chi connectivity index (χ3n) is 4.70. The van der Waals surface area contributed by atoms with Gasteiger partial charge in [-0.15, -0.1) is 0 Å². The van der Waals surface area contributed by atoms with Gasteiger partial charge in [0.2, 0.25) is 0 Å². The van der Waals surface area contributed by atoms with Gasteiger partial charge in [0.25, 0.3) is 0 Å². The molecule has 0 saturated carbocycles. The molecule has 0 N–H and O–H groups in total. The monoisotopic (exact) mass is 325 g/mol. The van der Waals surface area contributed by atoms with Gasteiger partial charge in [-0.05, 0) is 43.9 Å². The van der Waals surface area contributed by atoms with E-state index in [2.05, 4.69) is 24.0 Å². The first-order valence-corrected chi connectivity index (χ1v) is 9.61. The van der Waals surface area contributed by atoms with E-state index < -0.39 is 14.6 Å². The molecule has 4 nitrogen and oxygen atoms in total. The minimum absolute atomic E-state index is 0.280. The number of sulfone groups is 1. The number of ether oxygens (including phenoxy) is 1. The summed E-state index contributed by atoms with van der Waals surface area (Å²) >= 11 is 0. The topological polar surface area (TPSA) is 46.6 Å². The molecule has 0 aliphatic carbocycles. The van der Waals surface area contributed by atoms with Crippen molar-refractivity contribution in [3.63, 3.8) is 0 Å². The second-order valence-electron chi connectivity index (χ2n) is 7.09. The highest BCUT2D eigenvalue weighted by molar-refractivity contribution is 7.92. The molecule has 22 heavy (non-hydrogen) atoms. The van der Waals surface area contributed by atoms with Gasteiger partial charge >= 0.3 is 0 Å². The van der Waals surface area contributed by atoms with Crippen molar-refractivity contribution in [3.8, 4) is 5.75 Å². The average molecular weight is 325 g/mol. The van der Waals surface area contributed by atoms with Gasteiger partial charge in [0.15, 0.2) is 9.84 Å². The number of likely N-dealkylation sites (tertiary alicyclic amines) is 1. The lowest BCUT2D eigenvalue weighted by Crippen LogP contribution is -2.43. The molecule has 1 heterocycles. The summed E-state index contributed by atoms with van der Waals surface area (Å²) in [6, 6.07) is 8.39. The fourth-order valence-corrected chi connectivity index (χ4v) is 3.49. The van der Waals surface area contributed by atoms with Gasteiger partial charge in [0, 0.05) is 25.4 Å². The number of nitrogens with zero attached hydrogens (tertiary/aromatic N) is 1. The Bertz CT molecular complexity index is 607. The van der Waals surface area contributed by atoms with E-state index >= 15 is 0 Å². The van der Waals surface area contributed by atoms with Crippen LogP contribution in [-0.2, 0) is 9.84 Å². The van der Waals surface area contributed by atoms with Crippen LogP contribution in [0.5, 0.6) is 5.75 Å². The van der Waals surface area contributed by atoms with Gasteiger partial charge < -0.3 is 4.74 Å². The molecular formula is C17H27NO3S. The Hall–Kier alpha value is -1.07. The molecule has 1 aliphatic rings. The molecule has 1 fully saturated rings. The van der Waals surface area contributed by atoms with Gasteiger partial charge in [0.1, 0.15) is 5.75 Å². The molecule has 0 amide bonds. The molecular weight excluding hydrogens is 298 g/mol. The van der Waals surface area contributed by atoms with Gasteiger partial charge in [0.05, 0.1) is 11.9 Å². The molecule has 1 aromatic rings. The lowest BCUT2D eigenvalue weighted by Gasteiger charge is -2.32. The second-order valence-corrected chi connectivity index (χ2v) is 9.74. The Morgan fingerprint density at radius 1 is 1.27 bits per heavy atom. The van der Waals surface area contributed by atoms with Gasteiger partial charge in [-0.25, -0.2) is 8.42 Å². The first-order chi connectivity index (χ1) is 10.1. The van der Waals surface area contributed by atoms with Crippen LogP contribution < -0.4 is 4.74 Å². The molecule has 0 unspecified atom stereocenters. The van der Waals surface area contributed by atoms with Crippen molar-refractivity contribution in [1.82, 2.24) is 4.90 Å². The maximum Gasteiger partial charge on any atom is 0.153 e. The lowest BCUT2D eigenvalue weighted by molar-refractivity contribution is 0.233. The van der Waals surface area contributed by atoms with E-state index in [1.807, 2.05) is 26.0 Å². The normalized spacial score (nSPS) is 23.7. The van der Waals surface area contributed by atoms with E-state index in [-0.39, 0.29) is 6.04 Å². The zero-order valence-electron chi connectivity index (χ0n) is 14.2. The van der Waals surface area contributed by atoms with E-state index in [0.29, 0.717) is 12.5 Å². The number of rotatable bonds is 5. The maximum atomic E-state index is 12.0. The summed E-state index contributed by atoms with van der Waals surface area (Å²) in [7, 11) is -1.42. The lowest BCUT2D eigenvalue weighted by atomic mass is 10.0. The Balaban J connectivity index is 2.22. The molecule has 5 heteroatoms. The van der Waals surface area contributed by atoms with Crippen molar-refractivity contribution in [2.45, 2.75) is 38.0 Å². The minimum Gasteiger partial charge on any atom is -0.497 e. The fraction of sp³-hybridized carbons (Fsp3) is 0.647. The molecule has 0 spiro atoms. The van der Waals surface area contributed by atoms with Crippen LogP contribution in [0.4, 0.5) is 0 Å². The van der Waals surface area contributed by atoms with Crippen molar-refractivity contribution in [2.75, 3.05) is 26.5 Å².